The molecule has 24 heavy (non-hydrogen) atoms. The van der Waals surface area contributed by atoms with E-state index in [1.165, 1.54) is 12.8 Å². The summed E-state index contributed by atoms with van der Waals surface area (Å²) in [6.45, 7) is 12.2. The van der Waals surface area contributed by atoms with E-state index in [0.717, 1.165) is 24.5 Å². The number of alkyl carbamates (subject to hydrolysis) is 1. The van der Waals surface area contributed by atoms with Crippen LogP contribution >= 0.6 is 0 Å². The van der Waals surface area contributed by atoms with Crippen molar-refractivity contribution in [2.45, 2.75) is 65.6 Å². The highest BCUT2D eigenvalue weighted by Crippen LogP contribution is 2.24. The molecule has 0 radical (unpaired) electrons. The molecule has 1 aromatic heterocycles. The van der Waals surface area contributed by atoms with Gasteiger partial charge in [-0.3, -0.25) is 14.9 Å². The quantitative estimate of drug-likeness (QED) is 0.917. The highest BCUT2D eigenvalue weighted by atomic mass is 16.6. The fraction of sp³-hybridized carbons (Fsp3) is 0.722. The van der Waals surface area contributed by atoms with Crippen molar-refractivity contribution >= 4 is 6.09 Å². The Hall–Kier alpha value is -1.69. The van der Waals surface area contributed by atoms with Crippen LogP contribution in [0.3, 0.4) is 0 Å². The molecule has 0 unspecified atom stereocenters. The molecule has 1 amide bonds. The molecule has 1 aliphatic rings. The molecule has 6 nitrogen and oxygen atoms in total. The lowest BCUT2D eigenvalue weighted by atomic mass is 9.90. The molecule has 0 aromatic carbocycles. The molecule has 1 saturated heterocycles. The average molecular weight is 334 g/mol. The fourth-order valence-corrected chi connectivity index (χ4v) is 3.07. The second kappa shape index (κ2) is 7.92. The van der Waals surface area contributed by atoms with E-state index in [-0.39, 0.29) is 12.1 Å². The number of rotatable bonds is 4. The second-order valence-corrected chi connectivity index (χ2v) is 7.69. The predicted octanol–water partition coefficient (Wildman–Crippen LogP) is 2.91. The van der Waals surface area contributed by atoms with Gasteiger partial charge in [0.15, 0.2) is 0 Å². The number of nitrogens with one attached hydrogen (secondary N) is 1. The van der Waals surface area contributed by atoms with Crippen LogP contribution in [0.4, 0.5) is 4.79 Å². The lowest BCUT2D eigenvalue weighted by Crippen LogP contribution is -2.50. The molecule has 1 aromatic rings. The molecule has 1 aliphatic heterocycles. The Morgan fingerprint density at radius 1 is 1.38 bits per heavy atom. The molecule has 1 N–H and O–H groups in total. The summed E-state index contributed by atoms with van der Waals surface area (Å²) in [5.41, 5.74) is 1.42. The number of hydrogen-bond acceptors (Lipinski definition) is 5. The Morgan fingerprint density at radius 2 is 2.12 bits per heavy atom. The molecule has 1 fully saturated rings. The van der Waals surface area contributed by atoms with Crippen molar-refractivity contribution in [3.8, 4) is 0 Å². The van der Waals surface area contributed by atoms with E-state index in [2.05, 4.69) is 27.1 Å². The Morgan fingerprint density at radius 3 is 2.75 bits per heavy atom. The Balaban J connectivity index is 1.95. The molecule has 134 valence electrons. The van der Waals surface area contributed by atoms with Gasteiger partial charge in [0.05, 0.1) is 11.4 Å². The smallest absolute Gasteiger partial charge is 0.407 e. The van der Waals surface area contributed by atoms with Gasteiger partial charge in [-0.05, 0) is 53.0 Å². The van der Waals surface area contributed by atoms with Gasteiger partial charge in [0, 0.05) is 31.5 Å². The zero-order valence-electron chi connectivity index (χ0n) is 15.5. The van der Waals surface area contributed by atoms with E-state index in [0.29, 0.717) is 12.5 Å². The topological polar surface area (TPSA) is 67.4 Å². The number of nitrogens with zero attached hydrogens (tertiary/aromatic N) is 3. The average Bonchev–Trinajstić information content (AvgIpc) is 2.47. The van der Waals surface area contributed by atoms with Crippen LogP contribution in [0.5, 0.6) is 0 Å². The first-order valence-corrected chi connectivity index (χ1v) is 8.73. The maximum atomic E-state index is 11.9. The van der Waals surface area contributed by atoms with Gasteiger partial charge < -0.3 is 10.1 Å². The Bertz CT molecular complexity index is 539. The molecular formula is C18H30N4O2. The summed E-state index contributed by atoms with van der Waals surface area (Å²) in [6.07, 6.45) is 5.64. The summed E-state index contributed by atoms with van der Waals surface area (Å²) in [7, 11) is 0. The molecule has 0 saturated carbocycles. The number of aryl methyl sites for hydroxylation is 1. The van der Waals surface area contributed by atoms with Crippen molar-refractivity contribution in [2.75, 3.05) is 13.1 Å². The van der Waals surface area contributed by atoms with Gasteiger partial charge in [-0.1, -0.05) is 6.92 Å². The number of amides is 1. The third-order valence-electron chi connectivity index (χ3n) is 4.28. The fourth-order valence-electron chi connectivity index (χ4n) is 3.07. The first-order valence-electron chi connectivity index (χ1n) is 8.73. The van der Waals surface area contributed by atoms with E-state index < -0.39 is 5.60 Å². The van der Waals surface area contributed by atoms with Gasteiger partial charge in [0.1, 0.15) is 5.60 Å². The Labute approximate surface area is 145 Å². The van der Waals surface area contributed by atoms with E-state index in [1.54, 1.807) is 6.20 Å². The molecular weight excluding hydrogens is 304 g/mol. The van der Waals surface area contributed by atoms with E-state index >= 15 is 0 Å². The van der Waals surface area contributed by atoms with E-state index in [9.17, 15) is 4.79 Å². The summed E-state index contributed by atoms with van der Waals surface area (Å²) in [6, 6.07) is 0.286. The Kier molecular flexibility index (Phi) is 6.15. The van der Waals surface area contributed by atoms with Crippen LogP contribution in [0.2, 0.25) is 0 Å². The summed E-state index contributed by atoms with van der Waals surface area (Å²) >= 11 is 0. The monoisotopic (exact) mass is 334 g/mol. The summed E-state index contributed by atoms with van der Waals surface area (Å²) in [5, 5.41) is 2.93. The molecule has 0 bridgehead atoms. The minimum absolute atomic E-state index is 0.286. The van der Waals surface area contributed by atoms with Crippen molar-refractivity contribution in [1.82, 2.24) is 20.2 Å². The predicted molar refractivity (Wildman–Crippen MR) is 93.6 cm³/mol. The summed E-state index contributed by atoms with van der Waals surface area (Å²) in [4.78, 5) is 23.1. The number of hydrogen-bond donors (Lipinski definition) is 1. The van der Waals surface area contributed by atoms with Crippen molar-refractivity contribution in [1.29, 1.82) is 0 Å². The molecule has 2 rings (SSSR count). The largest absolute Gasteiger partial charge is 0.444 e. The van der Waals surface area contributed by atoms with Gasteiger partial charge in [0.25, 0.3) is 0 Å². The first kappa shape index (κ1) is 18.6. The normalized spacial score (nSPS) is 22.2. The zero-order chi connectivity index (χ0) is 17.7. The molecule has 6 heteroatoms. The lowest BCUT2D eigenvalue weighted by Gasteiger charge is -2.40. The minimum atomic E-state index is -0.473. The van der Waals surface area contributed by atoms with Gasteiger partial charge in [-0.25, -0.2) is 4.79 Å². The van der Waals surface area contributed by atoms with Crippen LogP contribution in [0.15, 0.2) is 12.4 Å². The van der Waals surface area contributed by atoms with Gasteiger partial charge in [-0.2, -0.15) is 0 Å². The second-order valence-electron chi connectivity index (χ2n) is 7.69. The van der Waals surface area contributed by atoms with Crippen LogP contribution in [0.1, 0.15) is 51.9 Å². The van der Waals surface area contributed by atoms with Gasteiger partial charge >= 0.3 is 6.09 Å². The van der Waals surface area contributed by atoms with Crippen LogP contribution < -0.4 is 5.32 Å². The van der Waals surface area contributed by atoms with Gasteiger partial charge in [-0.15, -0.1) is 0 Å². The number of carbonyl (C=O) groups is 1. The van der Waals surface area contributed by atoms with Crippen molar-refractivity contribution in [3.63, 3.8) is 0 Å². The third kappa shape index (κ3) is 5.74. The van der Waals surface area contributed by atoms with Crippen LogP contribution in [0.25, 0.3) is 0 Å². The standard InChI is InChI=1S/C18H30N4O2/c1-13-7-6-8-22(12-15-10-19-14(2)9-20-15)16(13)11-21-17(23)24-18(3,4)5/h9-10,13,16H,6-8,11-12H2,1-5H3,(H,21,23)/t13-,16+/m1/s1. The van der Waals surface area contributed by atoms with Crippen molar-refractivity contribution < 1.29 is 9.53 Å². The number of ether oxygens (including phenoxy) is 1. The van der Waals surface area contributed by atoms with Crippen molar-refractivity contribution in [2.24, 2.45) is 5.92 Å². The SMILES string of the molecule is Cc1cnc(CN2CCC[C@@H](C)[C@@H]2CNC(=O)OC(C)(C)C)cn1. The molecule has 2 atom stereocenters. The third-order valence-corrected chi connectivity index (χ3v) is 4.28. The highest BCUT2D eigenvalue weighted by molar-refractivity contribution is 5.67. The number of likely N-dealkylation sites (tertiary alicyclic amines) is 1. The minimum Gasteiger partial charge on any atom is -0.444 e. The van der Waals surface area contributed by atoms with Gasteiger partial charge in [0.2, 0.25) is 0 Å². The van der Waals surface area contributed by atoms with Crippen molar-refractivity contribution in [3.05, 3.63) is 23.8 Å². The maximum Gasteiger partial charge on any atom is 0.407 e. The maximum absolute atomic E-state index is 11.9. The molecule has 0 spiro atoms. The molecule has 0 aliphatic carbocycles. The number of aromatic nitrogens is 2. The summed E-state index contributed by atoms with van der Waals surface area (Å²) < 4.78 is 5.34. The number of carbonyl (C=O) groups excluding carboxylic acids is 1. The highest BCUT2D eigenvalue weighted by Gasteiger charge is 2.29. The van der Waals surface area contributed by atoms with Crippen LogP contribution in [0, 0.1) is 12.8 Å². The lowest BCUT2D eigenvalue weighted by molar-refractivity contribution is 0.0455. The number of piperidine rings is 1. The zero-order valence-corrected chi connectivity index (χ0v) is 15.5. The summed E-state index contributed by atoms with van der Waals surface area (Å²) in [5.74, 6) is 0.520. The van der Waals surface area contributed by atoms with E-state index in [4.69, 9.17) is 4.74 Å². The molecule has 2 heterocycles. The first-order chi connectivity index (χ1) is 11.2. The van der Waals surface area contributed by atoms with Crippen LogP contribution in [-0.2, 0) is 11.3 Å². The van der Waals surface area contributed by atoms with E-state index in [1.807, 2.05) is 33.9 Å². The van der Waals surface area contributed by atoms with Crippen LogP contribution in [-0.4, -0.2) is 45.7 Å².